The quantitative estimate of drug-likeness (QED) is 0.677. The summed E-state index contributed by atoms with van der Waals surface area (Å²) < 4.78 is 7.34. The van der Waals surface area contributed by atoms with Gasteiger partial charge in [-0.3, -0.25) is 4.79 Å². The van der Waals surface area contributed by atoms with E-state index in [4.69, 9.17) is 15.3 Å². The summed E-state index contributed by atoms with van der Waals surface area (Å²) in [5, 5.41) is 15.4. The molecular weight excluding hydrogens is 396 g/mol. The molecule has 3 unspecified atom stereocenters. The molecule has 7 rings (SSSR count). The second-order valence-electron chi connectivity index (χ2n) is 10.1. The van der Waals surface area contributed by atoms with E-state index >= 15 is 0 Å². The third-order valence-electron chi connectivity index (χ3n) is 7.87. The van der Waals surface area contributed by atoms with Gasteiger partial charge in [0.15, 0.2) is 5.65 Å². The molecule has 1 amide bonds. The molecule has 5 fully saturated rings. The van der Waals surface area contributed by atoms with Crippen LogP contribution in [-0.4, -0.2) is 45.3 Å². The zero-order valence-electron chi connectivity index (χ0n) is 17.6. The number of hydrogen-bond donors (Lipinski definition) is 3. The number of ether oxygens (including phenoxy) is 1. The Hall–Kier alpha value is -2.32. The topological polar surface area (TPSA) is 112 Å². The molecule has 4 saturated carbocycles. The maximum atomic E-state index is 12.2. The number of aromatic nitrogens is 2. The van der Waals surface area contributed by atoms with E-state index in [0.717, 1.165) is 62.4 Å². The molecule has 166 valence electrons. The molecule has 5 aliphatic rings. The van der Waals surface area contributed by atoms with Crippen molar-refractivity contribution in [3.8, 4) is 0 Å². The molecule has 2 aromatic rings. The Bertz CT molecular complexity index is 998. The van der Waals surface area contributed by atoms with Crippen molar-refractivity contribution in [1.29, 1.82) is 0 Å². The molecule has 0 radical (unpaired) electrons. The summed E-state index contributed by atoms with van der Waals surface area (Å²) in [6, 6.07) is 2.15. The number of amides is 1. The number of nitrogens with two attached hydrogens (primary N) is 1. The molecule has 0 spiro atoms. The van der Waals surface area contributed by atoms with Crippen LogP contribution in [0.5, 0.6) is 0 Å². The predicted octanol–water partition coefficient (Wildman–Crippen LogP) is 2.44. The predicted molar refractivity (Wildman–Crippen MR) is 114 cm³/mol. The van der Waals surface area contributed by atoms with Crippen LogP contribution in [-0.2, 0) is 4.74 Å². The van der Waals surface area contributed by atoms with E-state index in [2.05, 4.69) is 10.3 Å². The van der Waals surface area contributed by atoms with Gasteiger partial charge in [-0.25, -0.2) is 4.98 Å². The van der Waals surface area contributed by atoms with Gasteiger partial charge in [0, 0.05) is 30.2 Å². The summed E-state index contributed by atoms with van der Waals surface area (Å²) in [5.41, 5.74) is 6.99. The van der Waals surface area contributed by atoms with Crippen molar-refractivity contribution in [2.45, 2.75) is 69.3 Å². The average Bonchev–Trinajstić information content (AvgIpc) is 3.13. The van der Waals surface area contributed by atoms with Gasteiger partial charge in [0.05, 0.1) is 23.5 Å². The summed E-state index contributed by atoms with van der Waals surface area (Å²) in [6.07, 6.45) is 10.9. The van der Waals surface area contributed by atoms with E-state index in [-0.39, 0.29) is 12.3 Å². The maximum absolute atomic E-state index is 12.2. The van der Waals surface area contributed by atoms with Gasteiger partial charge >= 0.3 is 0 Å². The van der Waals surface area contributed by atoms with Crippen LogP contribution in [0.1, 0.15) is 61.7 Å². The van der Waals surface area contributed by atoms with Gasteiger partial charge in [-0.1, -0.05) is 0 Å². The van der Waals surface area contributed by atoms with E-state index < -0.39 is 11.5 Å². The highest BCUT2D eigenvalue weighted by molar-refractivity contribution is 6.06. The van der Waals surface area contributed by atoms with Gasteiger partial charge in [0.1, 0.15) is 0 Å². The Kier molecular flexibility index (Phi) is 4.44. The normalized spacial score (nSPS) is 36.6. The largest absolute Gasteiger partial charge is 0.390 e. The molecule has 2 aromatic heterocycles. The fraction of sp³-hybridized carbons (Fsp3) is 0.652. The highest BCUT2D eigenvalue weighted by Crippen LogP contribution is 2.56. The first kappa shape index (κ1) is 19.4. The van der Waals surface area contributed by atoms with Crippen LogP contribution in [0.15, 0.2) is 18.5 Å². The standard InChI is InChI=1S/C23H30N4O4/c24-21(28)17-12-25-22-16(4-5-27(22)31-18-3-1-2-6-30-18)20(17)26-19-14-7-13-8-15(19)11-23(29,9-13)10-14/h4-5,12-15,18-19,29H,1-3,6-11H2,(H2,24,28)(H,25,26). The molecule has 4 aliphatic carbocycles. The number of nitrogens with one attached hydrogen (secondary N) is 1. The smallest absolute Gasteiger partial charge is 0.252 e. The second kappa shape index (κ2) is 7.10. The van der Waals surface area contributed by atoms with Gasteiger partial charge in [-0.2, -0.15) is 4.73 Å². The molecule has 3 heterocycles. The number of anilines is 1. The fourth-order valence-electron chi connectivity index (χ4n) is 6.80. The van der Waals surface area contributed by atoms with Crippen molar-refractivity contribution >= 4 is 22.6 Å². The first-order chi connectivity index (χ1) is 15.0. The number of aliphatic hydroxyl groups is 1. The number of nitrogens with zero attached hydrogens (tertiary/aromatic N) is 2. The number of carbonyl (C=O) groups is 1. The third kappa shape index (κ3) is 3.27. The molecule has 0 aromatic carbocycles. The van der Waals surface area contributed by atoms with Crippen LogP contribution in [0, 0.1) is 17.8 Å². The van der Waals surface area contributed by atoms with Crippen LogP contribution in [0.2, 0.25) is 0 Å². The third-order valence-corrected chi connectivity index (χ3v) is 7.87. The summed E-state index contributed by atoms with van der Waals surface area (Å²) in [6.45, 7) is 0.702. The Morgan fingerprint density at radius 2 is 2.10 bits per heavy atom. The Balaban J connectivity index is 1.33. The lowest BCUT2D eigenvalue weighted by Gasteiger charge is -2.58. The summed E-state index contributed by atoms with van der Waals surface area (Å²) in [7, 11) is 0. The monoisotopic (exact) mass is 426 g/mol. The Morgan fingerprint density at radius 1 is 1.29 bits per heavy atom. The molecule has 4 bridgehead atoms. The van der Waals surface area contributed by atoms with Crippen LogP contribution in [0.3, 0.4) is 0 Å². The molecule has 31 heavy (non-hydrogen) atoms. The minimum absolute atomic E-state index is 0.228. The van der Waals surface area contributed by atoms with Crippen molar-refractivity contribution in [3.63, 3.8) is 0 Å². The lowest BCUT2D eigenvalue weighted by Crippen LogP contribution is -2.59. The number of rotatable bonds is 5. The van der Waals surface area contributed by atoms with Gasteiger partial charge in [0.2, 0.25) is 6.29 Å². The van der Waals surface area contributed by atoms with Crippen LogP contribution < -0.4 is 15.9 Å². The minimum atomic E-state index is -0.497. The number of hydrogen-bond acceptors (Lipinski definition) is 6. The first-order valence-electron chi connectivity index (χ1n) is 11.6. The molecule has 3 atom stereocenters. The average molecular weight is 427 g/mol. The SMILES string of the molecule is NC(=O)c1cnc2c(ccn2OC2CCCCO2)c1NC1C2CC3CC1CC(O)(C3)C2. The molecule has 4 N–H and O–H groups in total. The van der Waals surface area contributed by atoms with Gasteiger partial charge in [-0.05, 0) is 68.8 Å². The molecule has 8 heteroatoms. The molecule has 1 aliphatic heterocycles. The van der Waals surface area contributed by atoms with E-state index in [9.17, 15) is 9.90 Å². The lowest BCUT2D eigenvalue weighted by atomic mass is 9.52. The van der Waals surface area contributed by atoms with E-state index in [1.165, 1.54) is 6.20 Å². The van der Waals surface area contributed by atoms with Crippen LogP contribution in [0.4, 0.5) is 5.69 Å². The van der Waals surface area contributed by atoms with Crippen LogP contribution in [0.25, 0.3) is 11.0 Å². The zero-order valence-corrected chi connectivity index (χ0v) is 17.6. The number of pyridine rings is 1. The van der Waals surface area contributed by atoms with Gasteiger partial charge < -0.3 is 25.7 Å². The van der Waals surface area contributed by atoms with Crippen molar-refractivity contribution in [2.75, 3.05) is 11.9 Å². The Morgan fingerprint density at radius 3 is 2.77 bits per heavy atom. The maximum Gasteiger partial charge on any atom is 0.252 e. The molecule has 8 nitrogen and oxygen atoms in total. The van der Waals surface area contributed by atoms with E-state index in [1.807, 2.05) is 12.3 Å². The Labute approximate surface area is 181 Å². The van der Waals surface area contributed by atoms with Gasteiger partial charge in [0.25, 0.3) is 5.91 Å². The van der Waals surface area contributed by atoms with Crippen molar-refractivity contribution in [3.05, 3.63) is 24.0 Å². The van der Waals surface area contributed by atoms with Crippen molar-refractivity contribution in [1.82, 2.24) is 9.71 Å². The van der Waals surface area contributed by atoms with E-state index in [1.54, 1.807) is 4.73 Å². The zero-order chi connectivity index (χ0) is 21.2. The number of carbonyl (C=O) groups excluding carboxylic acids is 1. The summed E-state index contributed by atoms with van der Waals surface area (Å²) >= 11 is 0. The highest BCUT2D eigenvalue weighted by Gasteiger charge is 2.54. The van der Waals surface area contributed by atoms with E-state index in [0.29, 0.717) is 35.6 Å². The highest BCUT2D eigenvalue weighted by atomic mass is 16.8. The van der Waals surface area contributed by atoms with Crippen LogP contribution >= 0.6 is 0 Å². The molecular formula is C23H30N4O4. The summed E-state index contributed by atoms with van der Waals surface area (Å²) in [5.74, 6) is 0.950. The number of fused-ring (bicyclic) bond motifs is 1. The summed E-state index contributed by atoms with van der Waals surface area (Å²) in [4.78, 5) is 22.7. The van der Waals surface area contributed by atoms with Gasteiger partial charge in [-0.15, -0.1) is 0 Å². The fourth-order valence-corrected chi connectivity index (χ4v) is 6.80. The number of primary amides is 1. The molecule has 1 saturated heterocycles. The lowest BCUT2D eigenvalue weighted by molar-refractivity contribution is -0.161. The van der Waals surface area contributed by atoms with Crippen molar-refractivity contribution < 1.29 is 19.5 Å². The second-order valence-corrected chi connectivity index (χ2v) is 10.1. The van der Waals surface area contributed by atoms with Crippen molar-refractivity contribution in [2.24, 2.45) is 23.5 Å². The first-order valence-corrected chi connectivity index (χ1v) is 11.6. The minimum Gasteiger partial charge on any atom is -0.390 e.